The molecule has 8 nitrogen and oxygen atoms in total. The van der Waals surface area contributed by atoms with E-state index in [-0.39, 0.29) is 40.2 Å². The van der Waals surface area contributed by atoms with Gasteiger partial charge in [-0.1, -0.05) is 19.9 Å². The van der Waals surface area contributed by atoms with Gasteiger partial charge in [-0.15, -0.1) is 10.2 Å². The third-order valence-corrected chi connectivity index (χ3v) is 4.44. The monoisotopic (exact) mass is 372 g/mol. The zero-order valence-corrected chi connectivity index (χ0v) is 16.2. The molecule has 144 valence electrons. The molecule has 2 rings (SSSR count). The normalized spacial score (nSPS) is 14.8. The highest BCUT2D eigenvalue weighted by molar-refractivity contribution is 6.23. The first-order valence-electron chi connectivity index (χ1n) is 8.78. The van der Waals surface area contributed by atoms with Crippen LogP contribution in [0.2, 0.25) is 0 Å². The summed E-state index contributed by atoms with van der Waals surface area (Å²) in [6.07, 6.45) is 1.32. The highest BCUT2D eigenvalue weighted by Crippen LogP contribution is 2.34. The van der Waals surface area contributed by atoms with E-state index >= 15 is 0 Å². The summed E-state index contributed by atoms with van der Waals surface area (Å²) in [7, 11) is 3.05. The van der Waals surface area contributed by atoms with E-state index in [0.29, 0.717) is 12.8 Å². The quantitative estimate of drug-likeness (QED) is 0.357. The number of aliphatic hydroxyl groups is 1. The van der Waals surface area contributed by atoms with Gasteiger partial charge in [0, 0.05) is 20.1 Å². The van der Waals surface area contributed by atoms with Crippen LogP contribution in [0.25, 0.3) is 0 Å². The van der Waals surface area contributed by atoms with Crippen molar-refractivity contribution in [2.45, 2.75) is 39.7 Å². The van der Waals surface area contributed by atoms with Gasteiger partial charge in [-0.2, -0.15) is 0 Å². The van der Waals surface area contributed by atoms with Crippen molar-refractivity contribution in [3.63, 3.8) is 0 Å². The first kappa shape index (κ1) is 20.3. The summed E-state index contributed by atoms with van der Waals surface area (Å²) >= 11 is 0. The van der Waals surface area contributed by atoms with Crippen LogP contribution >= 0.6 is 0 Å². The van der Waals surface area contributed by atoms with Crippen molar-refractivity contribution in [1.82, 2.24) is 9.80 Å². The Labute approximate surface area is 158 Å². The van der Waals surface area contributed by atoms with E-state index in [9.17, 15) is 19.5 Å². The fourth-order valence-corrected chi connectivity index (χ4v) is 2.94. The number of carbonyl (C=O) groups excluding carboxylic acids is 3. The van der Waals surface area contributed by atoms with Crippen LogP contribution in [0.5, 0.6) is 0 Å². The molecule has 1 aliphatic heterocycles. The molecule has 8 heteroatoms. The maximum Gasteiger partial charge on any atom is 0.277 e. The number of aliphatic hydroxyl groups excluding tert-OH is 1. The molecule has 3 amide bonds. The highest BCUT2D eigenvalue weighted by Gasteiger charge is 2.40. The Morgan fingerprint density at radius 2 is 1.81 bits per heavy atom. The Balaban J connectivity index is 2.48. The molecule has 0 saturated carbocycles. The molecule has 0 aromatic heterocycles. The number of amides is 3. The first-order valence-corrected chi connectivity index (χ1v) is 8.78. The van der Waals surface area contributed by atoms with Gasteiger partial charge in [-0.3, -0.25) is 19.3 Å². The van der Waals surface area contributed by atoms with Crippen molar-refractivity contribution in [2.24, 2.45) is 10.2 Å². The molecule has 1 aromatic rings. The number of imide groups is 1. The molecule has 1 heterocycles. The van der Waals surface area contributed by atoms with Crippen LogP contribution in [-0.4, -0.2) is 52.8 Å². The van der Waals surface area contributed by atoms with Crippen molar-refractivity contribution >= 4 is 23.4 Å². The maximum atomic E-state index is 12.9. The van der Waals surface area contributed by atoms with Gasteiger partial charge in [0.2, 0.25) is 0 Å². The average Bonchev–Trinajstić information content (AvgIpc) is 2.88. The van der Waals surface area contributed by atoms with Gasteiger partial charge in [0.15, 0.2) is 5.70 Å². The number of fused-ring (bicyclic) bond motifs is 1. The summed E-state index contributed by atoms with van der Waals surface area (Å²) in [5.74, 6) is -1.57. The van der Waals surface area contributed by atoms with Crippen molar-refractivity contribution in [3.05, 3.63) is 40.8 Å². The SMILES string of the molecule is CCC(CC)N1C(=O)c2cccc(N=NC(C(=O)N(C)C)=C(C)O)c2C1=O. The number of azo groups is 1. The lowest BCUT2D eigenvalue weighted by Gasteiger charge is -2.23. The van der Waals surface area contributed by atoms with Gasteiger partial charge < -0.3 is 10.0 Å². The van der Waals surface area contributed by atoms with Gasteiger partial charge in [0.05, 0.1) is 16.8 Å². The molecule has 0 unspecified atom stereocenters. The molecule has 1 N–H and O–H groups in total. The Morgan fingerprint density at radius 1 is 1.19 bits per heavy atom. The zero-order valence-electron chi connectivity index (χ0n) is 16.2. The minimum Gasteiger partial charge on any atom is -0.510 e. The first-order chi connectivity index (χ1) is 12.7. The molecule has 0 saturated heterocycles. The molecule has 0 radical (unpaired) electrons. The number of nitrogens with zero attached hydrogens (tertiary/aromatic N) is 4. The van der Waals surface area contributed by atoms with Gasteiger partial charge in [0.1, 0.15) is 5.76 Å². The number of benzene rings is 1. The second-order valence-corrected chi connectivity index (χ2v) is 6.48. The Morgan fingerprint density at radius 3 is 2.33 bits per heavy atom. The lowest BCUT2D eigenvalue weighted by molar-refractivity contribution is -0.125. The molecule has 0 atom stereocenters. The molecule has 0 fully saturated rings. The second kappa shape index (κ2) is 8.11. The van der Waals surface area contributed by atoms with Crippen molar-refractivity contribution in [2.75, 3.05) is 14.1 Å². The Hall–Kier alpha value is -3.03. The lowest BCUT2D eigenvalue weighted by atomic mass is 10.1. The molecule has 0 spiro atoms. The minimum absolute atomic E-state index is 0.172. The van der Waals surface area contributed by atoms with Crippen LogP contribution in [0, 0.1) is 0 Å². The van der Waals surface area contributed by atoms with E-state index in [1.54, 1.807) is 18.2 Å². The summed E-state index contributed by atoms with van der Waals surface area (Å²) in [6, 6.07) is 4.55. The third-order valence-electron chi connectivity index (χ3n) is 4.44. The molecule has 27 heavy (non-hydrogen) atoms. The zero-order chi connectivity index (χ0) is 20.3. The standard InChI is InChI=1S/C19H24N4O4/c1-6-12(7-2)23-17(25)13-9-8-10-14(15(13)18(23)26)20-21-16(11(3)24)19(27)22(4)5/h8-10,12,24H,6-7H2,1-5H3. The summed E-state index contributed by atoms with van der Waals surface area (Å²) in [5.41, 5.74) is 0.398. The minimum atomic E-state index is -0.521. The smallest absolute Gasteiger partial charge is 0.277 e. The van der Waals surface area contributed by atoms with Gasteiger partial charge >= 0.3 is 0 Å². The summed E-state index contributed by atoms with van der Waals surface area (Å²) in [4.78, 5) is 40.2. The number of hydrogen-bond acceptors (Lipinski definition) is 6. The topological polar surface area (TPSA) is 103 Å². The number of carbonyl (C=O) groups is 3. The summed E-state index contributed by atoms with van der Waals surface area (Å²) in [6.45, 7) is 5.17. The Kier molecular flexibility index (Phi) is 6.09. The highest BCUT2D eigenvalue weighted by atomic mass is 16.3. The van der Waals surface area contributed by atoms with E-state index in [0.717, 1.165) is 0 Å². The number of allylic oxidation sites excluding steroid dienone is 1. The number of hydrogen-bond donors (Lipinski definition) is 1. The van der Waals surface area contributed by atoms with Crippen LogP contribution in [0.3, 0.4) is 0 Å². The van der Waals surface area contributed by atoms with E-state index in [1.165, 1.54) is 30.8 Å². The second-order valence-electron chi connectivity index (χ2n) is 6.48. The Bertz CT molecular complexity index is 834. The van der Waals surface area contributed by atoms with Crippen LogP contribution in [0.15, 0.2) is 39.9 Å². The summed E-state index contributed by atoms with van der Waals surface area (Å²) in [5, 5.41) is 17.6. The largest absolute Gasteiger partial charge is 0.510 e. The van der Waals surface area contributed by atoms with E-state index in [2.05, 4.69) is 10.2 Å². The predicted octanol–water partition coefficient (Wildman–Crippen LogP) is 3.43. The molecule has 0 aliphatic carbocycles. The van der Waals surface area contributed by atoms with Crippen molar-refractivity contribution in [1.29, 1.82) is 0 Å². The van der Waals surface area contributed by atoms with Gasteiger partial charge in [0.25, 0.3) is 17.7 Å². The van der Waals surface area contributed by atoms with Crippen LogP contribution in [0.4, 0.5) is 5.69 Å². The number of rotatable bonds is 6. The van der Waals surface area contributed by atoms with E-state index < -0.39 is 11.8 Å². The molecule has 1 aromatic carbocycles. The molecule has 0 bridgehead atoms. The van der Waals surface area contributed by atoms with Gasteiger partial charge in [-0.05, 0) is 31.9 Å². The van der Waals surface area contributed by atoms with E-state index in [4.69, 9.17) is 0 Å². The van der Waals surface area contributed by atoms with Crippen molar-refractivity contribution < 1.29 is 19.5 Å². The number of likely N-dealkylation sites (N-methyl/N-ethyl adjacent to an activating group) is 1. The van der Waals surface area contributed by atoms with E-state index in [1.807, 2.05) is 13.8 Å². The molecular weight excluding hydrogens is 348 g/mol. The van der Waals surface area contributed by atoms with Crippen LogP contribution < -0.4 is 0 Å². The summed E-state index contributed by atoms with van der Waals surface area (Å²) < 4.78 is 0. The fourth-order valence-electron chi connectivity index (χ4n) is 2.94. The van der Waals surface area contributed by atoms with Gasteiger partial charge in [-0.25, -0.2) is 0 Å². The van der Waals surface area contributed by atoms with Crippen LogP contribution in [0.1, 0.15) is 54.3 Å². The predicted molar refractivity (Wildman–Crippen MR) is 99.9 cm³/mol. The van der Waals surface area contributed by atoms with Crippen molar-refractivity contribution in [3.8, 4) is 0 Å². The van der Waals surface area contributed by atoms with Crippen LogP contribution in [-0.2, 0) is 4.79 Å². The average molecular weight is 372 g/mol. The maximum absolute atomic E-state index is 12.9. The molecular formula is C19H24N4O4. The lowest BCUT2D eigenvalue weighted by Crippen LogP contribution is -2.39. The third kappa shape index (κ3) is 3.74. The fraction of sp³-hybridized carbons (Fsp3) is 0.421. The molecule has 1 aliphatic rings.